The van der Waals surface area contributed by atoms with Crippen molar-refractivity contribution in [3.63, 3.8) is 0 Å². The van der Waals surface area contributed by atoms with Gasteiger partial charge in [0.1, 0.15) is 0 Å². The number of carbonyl (C=O) groups is 1. The fourth-order valence-electron chi connectivity index (χ4n) is 2.77. The van der Waals surface area contributed by atoms with Gasteiger partial charge < -0.3 is 15.4 Å². The van der Waals surface area contributed by atoms with Crippen molar-refractivity contribution in [3.05, 3.63) is 23.8 Å². The molecule has 0 atom stereocenters. The van der Waals surface area contributed by atoms with Crippen LogP contribution in [-0.4, -0.2) is 26.2 Å². The number of methoxy groups -OCH3 is 1. The Balaban J connectivity index is 2.30. The third-order valence-corrected chi connectivity index (χ3v) is 4.11. The van der Waals surface area contributed by atoms with Crippen LogP contribution in [0.2, 0.25) is 0 Å². The van der Waals surface area contributed by atoms with Gasteiger partial charge in [-0.05, 0) is 42.9 Å². The SMILES string of the molecule is COC(=O)c1cc(N)ccc1N1CCCC(C)(C)CC1. The predicted octanol–water partition coefficient (Wildman–Crippen LogP) is 3.07. The summed E-state index contributed by atoms with van der Waals surface area (Å²) in [5.74, 6) is -0.323. The van der Waals surface area contributed by atoms with Crippen molar-refractivity contribution in [2.75, 3.05) is 30.8 Å². The molecular formula is C16H24N2O2. The molecule has 0 radical (unpaired) electrons. The van der Waals surface area contributed by atoms with E-state index in [1.54, 1.807) is 6.07 Å². The van der Waals surface area contributed by atoms with Crippen molar-refractivity contribution in [1.29, 1.82) is 0 Å². The minimum Gasteiger partial charge on any atom is -0.465 e. The summed E-state index contributed by atoms with van der Waals surface area (Å²) in [5, 5.41) is 0. The Morgan fingerprint density at radius 1 is 1.30 bits per heavy atom. The topological polar surface area (TPSA) is 55.6 Å². The number of carbonyl (C=O) groups excluding carboxylic acids is 1. The zero-order valence-corrected chi connectivity index (χ0v) is 12.6. The number of hydrogen-bond donors (Lipinski definition) is 1. The maximum atomic E-state index is 11.9. The van der Waals surface area contributed by atoms with E-state index in [0.717, 1.165) is 31.6 Å². The van der Waals surface area contributed by atoms with Gasteiger partial charge in [-0.25, -0.2) is 4.79 Å². The normalized spacial score (nSPS) is 18.4. The summed E-state index contributed by atoms with van der Waals surface area (Å²) in [5.41, 5.74) is 8.25. The fourth-order valence-corrected chi connectivity index (χ4v) is 2.77. The fraction of sp³-hybridized carbons (Fsp3) is 0.562. The number of anilines is 2. The molecule has 1 aliphatic heterocycles. The van der Waals surface area contributed by atoms with Gasteiger partial charge in [0.15, 0.2) is 0 Å². The van der Waals surface area contributed by atoms with Gasteiger partial charge in [0, 0.05) is 18.8 Å². The Morgan fingerprint density at radius 2 is 2.05 bits per heavy atom. The highest BCUT2D eigenvalue weighted by Gasteiger charge is 2.25. The smallest absolute Gasteiger partial charge is 0.340 e. The molecule has 2 rings (SSSR count). The van der Waals surface area contributed by atoms with Crippen molar-refractivity contribution in [2.45, 2.75) is 33.1 Å². The molecule has 1 aliphatic rings. The Bertz CT molecular complexity index is 497. The first-order valence-electron chi connectivity index (χ1n) is 7.16. The summed E-state index contributed by atoms with van der Waals surface area (Å²) >= 11 is 0. The van der Waals surface area contributed by atoms with E-state index < -0.39 is 0 Å². The van der Waals surface area contributed by atoms with Gasteiger partial charge in [0.05, 0.1) is 18.4 Å². The van der Waals surface area contributed by atoms with Crippen molar-refractivity contribution in [2.24, 2.45) is 5.41 Å². The van der Waals surface area contributed by atoms with Crippen molar-refractivity contribution < 1.29 is 9.53 Å². The molecule has 4 heteroatoms. The van der Waals surface area contributed by atoms with Gasteiger partial charge >= 0.3 is 5.97 Å². The molecule has 1 aromatic carbocycles. The third kappa shape index (κ3) is 3.24. The van der Waals surface area contributed by atoms with Crippen LogP contribution in [0, 0.1) is 5.41 Å². The van der Waals surface area contributed by atoms with Gasteiger partial charge in [0.2, 0.25) is 0 Å². The van der Waals surface area contributed by atoms with Crippen LogP contribution in [0.4, 0.5) is 11.4 Å². The molecule has 1 fully saturated rings. The molecule has 110 valence electrons. The number of nitrogens with two attached hydrogens (primary N) is 1. The lowest BCUT2D eigenvalue weighted by atomic mass is 9.85. The summed E-state index contributed by atoms with van der Waals surface area (Å²) in [4.78, 5) is 14.2. The molecule has 0 aliphatic carbocycles. The first kappa shape index (κ1) is 14.7. The van der Waals surface area contributed by atoms with Crippen LogP contribution in [0.15, 0.2) is 18.2 Å². The summed E-state index contributed by atoms with van der Waals surface area (Å²) < 4.78 is 4.87. The number of nitrogen functional groups attached to an aromatic ring is 1. The number of benzene rings is 1. The first-order valence-corrected chi connectivity index (χ1v) is 7.16. The third-order valence-electron chi connectivity index (χ3n) is 4.11. The average molecular weight is 276 g/mol. The summed E-state index contributed by atoms with van der Waals surface area (Å²) in [6.45, 7) is 6.54. The molecule has 1 heterocycles. The highest BCUT2D eigenvalue weighted by atomic mass is 16.5. The molecule has 0 saturated carbocycles. The Hall–Kier alpha value is -1.71. The molecular weight excluding hydrogens is 252 g/mol. The lowest BCUT2D eigenvalue weighted by Crippen LogP contribution is -2.27. The van der Waals surface area contributed by atoms with Crippen molar-refractivity contribution in [3.8, 4) is 0 Å². The van der Waals surface area contributed by atoms with Crippen LogP contribution < -0.4 is 10.6 Å². The van der Waals surface area contributed by atoms with E-state index in [-0.39, 0.29) is 5.97 Å². The van der Waals surface area contributed by atoms with E-state index >= 15 is 0 Å². The second-order valence-electron chi connectivity index (χ2n) is 6.27. The van der Waals surface area contributed by atoms with Crippen LogP contribution in [0.5, 0.6) is 0 Å². The van der Waals surface area contributed by atoms with Crippen molar-refractivity contribution in [1.82, 2.24) is 0 Å². The number of nitrogens with zero attached hydrogens (tertiary/aromatic N) is 1. The van der Waals surface area contributed by atoms with Crippen LogP contribution in [-0.2, 0) is 4.74 Å². The maximum Gasteiger partial charge on any atom is 0.340 e. The average Bonchev–Trinajstić information content (AvgIpc) is 2.59. The molecule has 2 N–H and O–H groups in total. The number of hydrogen-bond acceptors (Lipinski definition) is 4. The van der Waals surface area contributed by atoms with E-state index in [0.29, 0.717) is 16.7 Å². The molecule has 0 amide bonds. The van der Waals surface area contributed by atoms with Gasteiger partial charge in [0.25, 0.3) is 0 Å². The zero-order chi connectivity index (χ0) is 14.8. The summed E-state index contributed by atoms with van der Waals surface area (Å²) in [7, 11) is 1.40. The maximum absolute atomic E-state index is 11.9. The molecule has 1 aromatic rings. The standard InChI is InChI=1S/C16H24N2O2/c1-16(2)7-4-9-18(10-8-16)14-6-5-12(17)11-13(14)15(19)20-3/h5-6,11H,4,7-10,17H2,1-3H3. The molecule has 0 bridgehead atoms. The number of esters is 1. The Kier molecular flexibility index (Phi) is 4.21. The lowest BCUT2D eigenvalue weighted by Gasteiger charge is -2.26. The lowest BCUT2D eigenvalue weighted by molar-refractivity contribution is 0.0601. The monoisotopic (exact) mass is 276 g/mol. The quantitative estimate of drug-likeness (QED) is 0.666. The van der Waals surface area contributed by atoms with E-state index in [2.05, 4.69) is 18.7 Å². The number of ether oxygens (including phenoxy) is 1. The molecule has 20 heavy (non-hydrogen) atoms. The zero-order valence-electron chi connectivity index (χ0n) is 12.6. The van der Waals surface area contributed by atoms with Gasteiger partial charge in [-0.15, -0.1) is 0 Å². The second kappa shape index (κ2) is 5.73. The summed E-state index contributed by atoms with van der Waals surface area (Å²) in [6, 6.07) is 5.48. The minimum absolute atomic E-state index is 0.323. The predicted molar refractivity (Wildman–Crippen MR) is 82.0 cm³/mol. The number of rotatable bonds is 2. The van der Waals surface area contributed by atoms with Gasteiger partial charge in [-0.2, -0.15) is 0 Å². The van der Waals surface area contributed by atoms with E-state index in [9.17, 15) is 4.79 Å². The second-order valence-corrected chi connectivity index (χ2v) is 6.27. The molecule has 4 nitrogen and oxygen atoms in total. The summed E-state index contributed by atoms with van der Waals surface area (Å²) in [6.07, 6.45) is 3.47. The Labute approximate surface area is 120 Å². The van der Waals surface area contributed by atoms with Crippen LogP contribution >= 0.6 is 0 Å². The van der Waals surface area contributed by atoms with Gasteiger partial charge in [-0.1, -0.05) is 13.8 Å². The van der Waals surface area contributed by atoms with Crippen LogP contribution in [0.3, 0.4) is 0 Å². The molecule has 0 unspecified atom stereocenters. The van der Waals surface area contributed by atoms with E-state index in [4.69, 9.17) is 10.5 Å². The Morgan fingerprint density at radius 3 is 2.75 bits per heavy atom. The van der Waals surface area contributed by atoms with Crippen LogP contribution in [0.25, 0.3) is 0 Å². The highest BCUT2D eigenvalue weighted by Crippen LogP contribution is 2.33. The van der Waals surface area contributed by atoms with Gasteiger partial charge in [-0.3, -0.25) is 0 Å². The highest BCUT2D eigenvalue weighted by molar-refractivity contribution is 5.97. The molecule has 1 saturated heterocycles. The largest absolute Gasteiger partial charge is 0.465 e. The van der Waals surface area contributed by atoms with Crippen molar-refractivity contribution >= 4 is 17.3 Å². The van der Waals surface area contributed by atoms with E-state index in [1.807, 2.05) is 12.1 Å². The minimum atomic E-state index is -0.323. The van der Waals surface area contributed by atoms with E-state index in [1.165, 1.54) is 13.5 Å². The molecule has 0 aromatic heterocycles. The molecule has 0 spiro atoms. The van der Waals surface area contributed by atoms with Crippen LogP contribution in [0.1, 0.15) is 43.5 Å². The first-order chi connectivity index (χ1) is 9.43.